The standard InChI is InChI=1S/C18H17N3O2/c1-12(2)11-21-15-9-13(19)6-7-16(15)23-17(18(21)22)10-14-5-3-4-8-20-14/h3-10H,1,11,19H2,2H3/b17-10+. The minimum Gasteiger partial charge on any atom is -0.449 e. The number of nitrogens with zero attached hydrogens (tertiary/aromatic N) is 2. The summed E-state index contributed by atoms with van der Waals surface area (Å²) in [4.78, 5) is 18.6. The fourth-order valence-electron chi connectivity index (χ4n) is 2.35. The first-order valence-corrected chi connectivity index (χ1v) is 7.21. The molecule has 0 bridgehead atoms. The molecule has 1 aliphatic rings. The second-order valence-corrected chi connectivity index (χ2v) is 5.44. The number of amides is 1. The molecule has 1 aromatic heterocycles. The number of hydrogen-bond donors (Lipinski definition) is 1. The number of nitrogens with two attached hydrogens (primary N) is 1. The Kier molecular flexibility index (Phi) is 3.85. The summed E-state index contributed by atoms with van der Waals surface area (Å²) in [6.45, 7) is 6.16. The highest BCUT2D eigenvalue weighted by Crippen LogP contribution is 2.37. The Morgan fingerprint density at radius 2 is 2.22 bits per heavy atom. The number of ether oxygens (including phenoxy) is 1. The molecule has 5 heteroatoms. The summed E-state index contributed by atoms with van der Waals surface area (Å²) in [5, 5.41) is 0. The van der Waals surface area contributed by atoms with Gasteiger partial charge in [-0.05, 0) is 37.3 Å². The Hall–Kier alpha value is -3.08. The molecule has 0 aliphatic carbocycles. The zero-order valence-corrected chi connectivity index (χ0v) is 12.8. The van der Waals surface area contributed by atoms with Gasteiger partial charge in [-0.2, -0.15) is 0 Å². The molecule has 5 nitrogen and oxygen atoms in total. The largest absolute Gasteiger partial charge is 0.449 e. The second-order valence-electron chi connectivity index (χ2n) is 5.44. The predicted octanol–water partition coefficient (Wildman–Crippen LogP) is 3.01. The highest BCUT2D eigenvalue weighted by atomic mass is 16.5. The lowest BCUT2D eigenvalue weighted by Crippen LogP contribution is -2.38. The van der Waals surface area contributed by atoms with Crippen molar-refractivity contribution in [1.29, 1.82) is 0 Å². The van der Waals surface area contributed by atoms with Gasteiger partial charge in [-0.25, -0.2) is 0 Å². The van der Waals surface area contributed by atoms with Gasteiger partial charge in [-0.15, -0.1) is 0 Å². The molecule has 23 heavy (non-hydrogen) atoms. The van der Waals surface area contributed by atoms with E-state index in [-0.39, 0.29) is 11.7 Å². The van der Waals surface area contributed by atoms with Gasteiger partial charge in [-0.3, -0.25) is 14.7 Å². The van der Waals surface area contributed by atoms with Crippen molar-refractivity contribution in [2.24, 2.45) is 0 Å². The van der Waals surface area contributed by atoms with E-state index in [2.05, 4.69) is 11.6 Å². The number of aromatic nitrogens is 1. The van der Waals surface area contributed by atoms with E-state index in [1.807, 2.05) is 25.1 Å². The van der Waals surface area contributed by atoms with E-state index in [4.69, 9.17) is 10.5 Å². The van der Waals surface area contributed by atoms with Crippen molar-refractivity contribution in [2.75, 3.05) is 17.2 Å². The van der Waals surface area contributed by atoms with Crippen LogP contribution in [0.25, 0.3) is 6.08 Å². The number of benzene rings is 1. The summed E-state index contributed by atoms with van der Waals surface area (Å²) >= 11 is 0. The molecular weight excluding hydrogens is 290 g/mol. The van der Waals surface area contributed by atoms with E-state index in [9.17, 15) is 4.79 Å². The first kappa shape index (κ1) is 14.8. The third-order valence-corrected chi connectivity index (χ3v) is 3.34. The van der Waals surface area contributed by atoms with Crippen molar-refractivity contribution >= 4 is 23.4 Å². The number of hydrogen-bond acceptors (Lipinski definition) is 4. The number of carbonyl (C=O) groups is 1. The molecule has 3 rings (SSSR count). The molecule has 1 aromatic carbocycles. The highest BCUT2D eigenvalue weighted by molar-refractivity contribution is 6.10. The smallest absolute Gasteiger partial charge is 0.294 e. The van der Waals surface area contributed by atoms with Crippen molar-refractivity contribution in [3.63, 3.8) is 0 Å². The van der Waals surface area contributed by atoms with Gasteiger partial charge in [0.05, 0.1) is 11.4 Å². The van der Waals surface area contributed by atoms with Crippen LogP contribution in [-0.4, -0.2) is 17.4 Å². The Bertz CT molecular complexity index is 797. The zero-order valence-electron chi connectivity index (χ0n) is 12.8. The number of anilines is 2. The molecule has 2 N–H and O–H groups in total. The van der Waals surface area contributed by atoms with Crippen LogP contribution in [0.5, 0.6) is 5.75 Å². The van der Waals surface area contributed by atoms with E-state index in [1.54, 1.807) is 35.4 Å². The van der Waals surface area contributed by atoms with Gasteiger partial charge in [-0.1, -0.05) is 18.2 Å². The Balaban J connectivity index is 2.06. The van der Waals surface area contributed by atoms with E-state index < -0.39 is 0 Å². The summed E-state index contributed by atoms with van der Waals surface area (Å²) in [6.07, 6.45) is 3.30. The number of rotatable bonds is 3. The Morgan fingerprint density at radius 1 is 1.39 bits per heavy atom. The van der Waals surface area contributed by atoms with Crippen LogP contribution >= 0.6 is 0 Å². The van der Waals surface area contributed by atoms with E-state index >= 15 is 0 Å². The molecule has 0 unspecified atom stereocenters. The Morgan fingerprint density at radius 3 is 2.91 bits per heavy atom. The first-order chi connectivity index (χ1) is 11.0. The molecule has 116 valence electrons. The molecule has 0 atom stereocenters. The molecule has 1 aliphatic heterocycles. The molecule has 2 heterocycles. The van der Waals surface area contributed by atoms with Crippen LogP contribution in [-0.2, 0) is 4.79 Å². The maximum atomic E-state index is 12.8. The fraction of sp³-hybridized carbons (Fsp3) is 0.111. The summed E-state index contributed by atoms with van der Waals surface area (Å²) < 4.78 is 5.76. The van der Waals surface area contributed by atoms with Crippen molar-refractivity contribution in [3.05, 3.63) is 66.2 Å². The number of carbonyl (C=O) groups excluding carboxylic acids is 1. The van der Waals surface area contributed by atoms with Gasteiger partial charge in [0.2, 0.25) is 0 Å². The Labute approximate surface area is 134 Å². The van der Waals surface area contributed by atoms with Gasteiger partial charge in [0.25, 0.3) is 5.91 Å². The van der Waals surface area contributed by atoms with Crippen molar-refractivity contribution in [1.82, 2.24) is 4.98 Å². The van der Waals surface area contributed by atoms with Gasteiger partial charge in [0.15, 0.2) is 11.5 Å². The molecule has 0 spiro atoms. The molecule has 0 saturated heterocycles. The van der Waals surface area contributed by atoms with E-state index in [1.165, 1.54) is 0 Å². The maximum absolute atomic E-state index is 12.8. The van der Waals surface area contributed by atoms with Gasteiger partial charge >= 0.3 is 0 Å². The summed E-state index contributed by atoms with van der Waals surface area (Å²) in [7, 11) is 0. The average molecular weight is 307 g/mol. The van der Waals surface area contributed by atoms with E-state index in [0.29, 0.717) is 29.4 Å². The lowest BCUT2D eigenvalue weighted by molar-refractivity contribution is -0.117. The molecule has 2 aromatic rings. The molecule has 1 amide bonds. The second kappa shape index (κ2) is 5.96. The normalized spacial score (nSPS) is 15.3. The van der Waals surface area contributed by atoms with Crippen LogP contribution in [0, 0.1) is 0 Å². The van der Waals surface area contributed by atoms with Crippen LogP contribution in [0.2, 0.25) is 0 Å². The monoisotopic (exact) mass is 307 g/mol. The van der Waals surface area contributed by atoms with Gasteiger partial charge < -0.3 is 10.5 Å². The van der Waals surface area contributed by atoms with Crippen LogP contribution in [0.4, 0.5) is 11.4 Å². The average Bonchev–Trinajstić information content (AvgIpc) is 2.53. The maximum Gasteiger partial charge on any atom is 0.294 e. The third kappa shape index (κ3) is 3.08. The van der Waals surface area contributed by atoms with Crippen LogP contribution in [0.1, 0.15) is 12.6 Å². The fourth-order valence-corrected chi connectivity index (χ4v) is 2.35. The van der Waals surface area contributed by atoms with Crippen molar-refractivity contribution in [2.45, 2.75) is 6.92 Å². The minimum absolute atomic E-state index is 0.224. The summed E-state index contributed by atoms with van der Waals surface area (Å²) in [5.74, 6) is 0.571. The van der Waals surface area contributed by atoms with Gasteiger partial charge in [0.1, 0.15) is 0 Å². The van der Waals surface area contributed by atoms with Crippen LogP contribution in [0.3, 0.4) is 0 Å². The van der Waals surface area contributed by atoms with E-state index in [0.717, 1.165) is 5.57 Å². The predicted molar refractivity (Wildman–Crippen MR) is 90.9 cm³/mol. The van der Waals surface area contributed by atoms with Gasteiger partial charge in [0, 0.05) is 24.5 Å². The van der Waals surface area contributed by atoms with Crippen molar-refractivity contribution < 1.29 is 9.53 Å². The quantitative estimate of drug-likeness (QED) is 0.537. The summed E-state index contributed by atoms with van der Waals surface area (Å²) in [5.41, 5.74) is 8.58. The number of fused-ring (bicyclic) bond motifs is 1. The van der Waals surface area contributed by atoms with Crippen LogP contribution in [0.15, 0.2) is 60.5 Å². The molecule has 0 radical (unpaired) electrons. The molecule has 0 saturated carbocycles. The molecular formula is C18H17N3O2. The third-order valence-electron chi connectivity index (χ3n) is 3.34. The SMILES string of the molecule is C=C(C)CN1C(=O)/C(=C\c2ccccn2)Oc2ccc(N)cc21. The first-order valence-electron chi connectivity index (χ1n) is 7.21. The zero-order chi connectivity index (χ0) is 16.4. The molecule has 0 fully saturated rings. The summed E-state index contributed by atoms with van der Waals surface area (Å²) in [6, 6.07) is 10.7. The lowest BCUT2D eigenvalue weighted by atomic mass is 10.1. The lowest BCUT2D eigenvalue weighted by Gasteiger charge is -2.30. The highest BCUT2D eigenvalue weighted by Gasteiger charge is 2.30. The topological polar surface area (TPSA) is 68.5 Å². The number of nitrogen functional groups attached to an aromatic ring is 1. The minimum atomic E-state index is -0.239. The number of pyridine rings is 1. The van der Waals surface area contributed by atoms with Crippen molar-refractivity contribution in [3.8, 4) is 5.75 Å². The van der Waals surface area contributed by atoms with Crippen LogP contribution < -0.4 is 15.4 Å².